The number of nitriles is 1. The molecule has 11 nitrogen and oxygen atoms in total. The van der Waals surface area contributed by atoms with Gasteiger partial charge >= 0.3 is 6.09 Å². The van der Waals surface area contributed by atoms with Gasteiger partial charge in [0.1, 0.15) is 30.0 Å². The van der Waals surface area contributed by atoms with Crippen LogP contribution in [0.15, 0.2) is 24.3 Å². The number of primary amides is 1. The summed E-state index contributed by atoms with van der Waals surface area (Å²) in [6.07, 6.45) is 0.231. The SMILES string of the molecule is CCCC(C)NC(=O)C(c1ccc(O)cc1)N(CC#N)C(=O)C(CCC(N)=O)NC(=O)OC(C)(C)C. The number of aromatic hydroxyl groups is 1. The maximum atomic E-state index is 13.7. The van der Waals surface area contributed by atoms with Gasteiger partial charge in [-0.05, 0) is 58.2 Å². The first-order chi connectivity index (χ1) is 16.8. The van der Waals surface area contributed by atoms with E-state index in [1.54, 1.807) is 20.8 Å². The first-order valence-electron chi connectivity index (χ1n) is 11.8. The highest BCUT2D eigenvalue weighted by Gasteiger charge is 2.36. The van der Waals surface area contributed by atoms with Crippen molar-refractivity contribution in [1.29, 1.82) is 5.26 Å². The van der Waals surface area contributed by atoms with E-state index in [0.29, 0.717) is 12.0 Å². The van der Waals surface area contributed by atoms with Crippen molar-refractivity contribution in [2.45, 2.75) is 84.0 Å². The zero-order valence-electron chi connectivity index (χ0n) is 21.5. The topological polar surface area (TPSA) is 175 Å². The zero-order valence-corrected chi connectivity index (χ0v) is 21.5. The Kier molecular flexibility index (Phi) is 11.7. The second kappa shape index (κ2) is 13.9. The third kappa shape index (κ3) is 10.2. The summed E-state index contributed by atoms with van der Waals surface area (Å²) in [5, 5.41) is 24.5. The molecule has 0 heterocycles. The van der Waals surface area contributed by atoms with Gasteiger partial charge < -0.3 is 31.1 Å². The minimum atomic E-state index is -1.29. The number of hydrogen-bond donors (Lipinski definition) is 4. The van der Waals surface area contributed by atoms with E-state index in [0.717, 1.165) is 11.3 Å². The molecular formula is C25H37N5O6. The van der Waals surface area contributed by atoms with Gasteiger partial charge in [-0.15, -0.1) is 0 Å². The number of benzene rings is 1. The molecule has 36 heavy (non-hydrogen) atoms. The van der Waals surface area contributed by atoms with Crippen LogP contribution in [0.4, 0.5) is 4.79 Å². The second-order valence-corrected chi connectivity index (χ2v) is 9.52. The number of rotatable bonds is 12. The lowest BCUT2D eigenvalue weighted by molar-refractivity contribution is -0.142. The normalized spacial score (nSPS) is 13.4. The van der Waals surface area contributed by atoms with Gasteiger partial charge in [-0.25, -0.2) is 4.79 Å². The van der Waals surface area contributed by atoms with E-state index in [4.69, 9.17) is 10.5 Å². The Labute approximate surface area is 212 Å². The molecule has 0 radical (unpaired) electrons. The fourth-order valence-corrected chi connectivity index (χ4v) is 3.52. The molecule has 3 unspecified atom stereocenters. The molecule has 198 valence electrons. The average molecular weight is 504 g/mol. The Balaban J connectivity index is 3.43. The van der Waals surface area contributed by atoms with Gasteiger partial charge in [0, 0.05) is 12.5 Å². The van der Waals surface area contributed by atoms with Crippen LogP contribution >= 0.6 is 0 Å². The Morgan fingerprint density at radius 1 is 1.14 bits per heavy atom. The number of hydrogen-bond acceptors (Lipinski definition) is 7. The largest absolute Gasteiger partial charge is 0.508 e. The van der Waals surface area contributed by atoms with Crippen LogP contribution in [0.25, 0.3) is 0 Å². The van der Waals surface area contributed by atoms with Crippen molar-refractivity contribution in [3.8, 4) is 11.8 Å². The quantitative estimate of drug-likeness (QED) is 0.316. The molecule has 0 saturated carbocycles. The van der Waals surface area contributed by atoms with Crippen LogP contribution in [0.1, 0.15) is 71.9 Å². The van der Waals surface area contributed by atoms with Gasteiger partial charge in [-0.2, -0.15) is 5.26 Å². The number of carbonyl (C=O) groups is 4. The van der Waals surface area contributed by atoms with Crippen LogP contribution in [0.2, 0.25) is 0 Å². The van der Waals surface area contributed by atoms with E-state index in [2.05, 4.69) is 10.6 Å². The minimum Gasteiger partial charge on any atom is -0.508 e. The molecule has 4 amide bonds. The van der Waals surface area contributed by atoms with Crippen molar-refractivity contribution >= 4 is 23.8 Å². The molecule has 0 saturated heterocycles. The number of ether oxygens (including phenoxy) is 1. The van der Waals surface area contributed by atoms with E-state index in [1.165, 1.54) is 24.3 Å². The molecule has 11 heteroatoms. The van der Waals surface area contributed by atoms with E-state index in [1.807, 2.05) is 19.9 Å². The van der Waals surface area contributed by atoms with Crippen molar-refractivity contribution in [3.05, 3.63) is 29.8 Å². The van der Waals surface area contributed by atoms with Crippen molar-refractivity contribution in [1.82, 2.24) is 15.5 Å². The summed E-state index contributed by atoms with van der Waals surface area (Å²) < 4.78 is 5.24. The summed E-state index contributed by atoms with van der Waals surface area (Å²) in [4.78, 5) is 51.9. The van der Waals surface area contributed by atoms with Crippen LogP contribution in [0, 0.1) is 11.3 Å². The Morgan fingerprint density at radius 3 is 2.25 bits per heavy atom. The smallest absolute Gasteiger partial charge is 0.408 e. The van der Waals surface area contributed by atoms with Crippen LogP contribution in [-0.4, -0.2) is 58.1 Å². The molecule has 1 aromatic rings. The molecule has 1 rings (SSSR count). The van der Waals surface area contributed by atoms with Gasteiger partial charge in [0.05, 0.1) is 6.07 Å². The average Bonchev–Trinajstić information content (AvgIpc) is 2.75. The first kappa shape index (κ1) is 30.2. The zero-order chi connectivity index (χ0) is 27.5. The molecule has 3 atom stereocenters. The number of phenols is 1. The van der Waals surface area contributed by atoms with Crippen molar-refractivity contribution < 1.29 is 29.0 Å². The Morgan fingerprint density at radius 2 is 1.75 bits per heavy atom. The van der Waals surface area contributed by atoms with E-state index in [9.17, 15) is 29.5 Å². The number of nitrogens with two attached hydrogens (primary N) is 1. The molecule has 0 bridgehead atoms. The molecule has 0 aliphatic rings. The highest BCUT2D eigenvalue weighted by molar-refractivity contribution is 5.92. The predicted molar refractivity (Wildman–Crippen MR) is 132 cm³/mol. The second-order valence-electron chi connectivity index (χ2n) is 9.52. The molecule has 0 aliphatic carbocycles. The number of amides is 4. The molecule has 0 aromatic heterocycles. The highest BCUT2D eigenvalue weighted by Crippen LogP contribution is 2.25. The van der Waals surface area contributed by atoms with Crippen LogP contribution in [-0.2, 0) is 19.1 Å². The summed E-state index contributed by atoms with van der Waals surface area (Å²) in [5.41, 5.74) is 4.76. The third-order valence-electron chi connectivity index (χ3n) is 5.07. The molecule has 1 aromatic carbocycles. The lowest BCUT2D eigenvalue weighted by Gasteiger charge is -2.33. The fraction of sp³-hybridized carbons (Fsp3) is 0.560. The Bertz CT molecular complexity index is 951. The Hall–Kier alpha value is -3.81. The summed E-state index contributed by atoms with van der Waals surface area (Å²) in [7, 11) is 0. The number of carbonyl (C=O) groups excluding carboxylic acids is 4. The fourth-order valence-electron chi connectivity index (χ4n) is 3.52. The van der Waals surface area contributed by atoms with Gasteiger partial charge in [0.15, 0.2) is 0 Å². The maximum Gasteiger partial charge on any atom is 0.408 e. The lowest BCUT2D eigenvalue weighted by Crippen LogP contribution is -2.53. The summed E-state index contributed by atoms with van der Waals surface area (Å²) in [6, 6.07) is 4.84. The van der Waals surface area contributed by atoms with Crippen molar-refractivity contribution in [3.63, 3.8) is 0 Å². The van der Waals surface area contributed by atoms with E-state index in [-0.39, 0.29) is 24.6 Å². The van der Waals surface area contributed by atoms with Crippen LogP contribution in [0.5, 0.6) is 5.75 Å². The lowest BCUT2D eigenvalue weighted by atomic mass is 10.0. The number of alkyl carbamates (subject to hydrolysis) is 1. The minimum absolute atomic E-state index is 0.0404. The number of phenolic OH excluding ortho intramolecular Hbond substituents is 1. The van der Waals surface area contributed by atoms with Gasteiger partial charge in [0.25, 0.3) is 0 Å². The monoisotopic (exact) mass is 503 g/mol. The van der Waals surface area contributed by atoms with Crippen LogP contribution in [0.3, 0.4) is 0 Å². The first-order valence-corrected chi connectivity index (χ1v) is 11.8. The van der Waals surface area contributed by atoms with Crippen LogP contribution < -0.4 is 16.4 Å². The summed E-state index contributed by atoms with van der Waals surface area (Å²) in [5.74, 6) is -2.02. The third-order valence-corrected chi connectivity index (χ3v) is 5.07. The summed E-state index contributed by atoms with van der Waals surface area (Å²) >= 11 is 0. The van der Waals surface area contributed by atoms with E-state index >= 15 is 0 Å². The summed E-state index contributed by atoms with van der Waals surface area (Å²) in [6.45, 7) is 8.26. The highest BCUT2D eigenvalue weighted by atomic mass is 16.6. The maximum absolute atomic E-state index is 13.7. The molecule has 5 N–H and O–H groups in total. The molecule has 0 fully saturated rings. The van der Waals surface area contributed by atoms with Crippen molar-refractivity contribution in [2.24, 2.45) is 5.73 Å². The molecular weight excluding hydrogens is 466 g/mol. The van der Waals surface area contributed by atoms with Gasteiger partial charge in [-0.1, -0.05) is 25.5 Å². The van der Waals surface area contributed by atoms with E-state index < -0.39 is 48.0 Å². The predicted octanol–water partition coefficient (Wildman–Crippen LogP) is 2.25. The van der Waals surface area contributed by atoms with Gasteiger partial charge in [-0.3, -0.25) is 14.4 Å². The number of nitrogens with one attached hydrogen (secondary N) is 2. The standard InChI is InChI=1S/C25H37N5O6/c1-6-7-16(2)28-22(33)21(17-8-10-18(31)11-9-17)30(15-14-26)23(34)19(12-13-20(27)32)29-24(35)36-25(3,4)5/h8-11,16,19,21,31H,6-7,12-13,15H2,1-5H3,(H2,27,32)(H,28,33)(H,29,35). The number of nitrogens with zero attached hydrogens (tertiary/aromatic N) is 2. The molecule has 0 aliphatic heterocycles. The molecule has 0 spiro atoms. The van der Waals surface area contributed by atoms with Crippen molar-refractivity contribution in [2.75, 3.05) is 6.54 Å². The van der Waals surface area contributed by atoms with Gasteiger partial charge in [0.2, 0.25) is 17.7 Å².